The van der Waals surface area contributed by atoms with Crippen molar-refractivity contribution in [1.82, 2.24) is 0 Å². The zero-order valence-electron chi connectivity index (χ0n) is 10.1. The van der Waals surface area contributed by atoms with Gasteiger partial charge >= 0.3 is 5.69 Å². The van der Waals surface area contributed by atoms with Gasteiger partial charge in [-0.3, -0.25) is 14.9 Å². The third kappa shape index (κ3) is 3.42. The molecule has 1 aromatic carbocycles. The number of nitrogens with zero attached hydrogens (tertiary/aromatic N) is 1. The van der Waals surface area contributed by atoms with Gasteiger partial charge < -0.3 is 4.74 Å². The molecule has 0 saturated heterocycles. The van der Waals surface area contributed by atoms with Crippen molar-refractivity contribution >= 4 is 38.7 Å². The molecule has 0 saturated carbocycles. The van der Waals surface area contributed by atoms with Crippen LogP contribution in [-0.2, 0) is 0 Å². The maximum absolute atomic E-state index is 13.5. The van der Waals surface area contributed by atoms with Crippen LogP contribution in [0.2, 0.25) is 0 Å². The van der Waals surface area contributed by atoms with Crippen LogP contribution in [0.4, 0.5) is 14.5 Å². The Hall–Kier alpha value is -1.87. The standard InChI is InChI=1S/C12H6BrF2NO4S/c13-6-1-2-21-12(6)10(17)5-20-11-4-7(14)9(16(18)19)3-8(11)15/h1-4H,5H2. The van der Waals surface area contributed by atoms with E-state index in [0.717, 1.165) is 0 Å². The lowest BCUT2D eigenvalue weighted by Gasteiger charge is -2.06. The first kappa shape index (κ1) is 15.5. The Bertz CT molecular complexity index is 719. The summed E-state index contributed by atoms with van der Waals surface area (Å²) in [7, 11) is 0. The Morgan fingerprint density at radius 2 is 2.10 bits per heavy atom. The summed E-state index contributed by atoms with van der Waals surface area (Å²) in [4.78, 5) is 21.6. The van der Waals surface area contributed by atoms with Crippen LogP contribution >= 0.6 is 27.3 Å². The van der Waals surface area contributed by atoms with Crippen molar-refractivity contribution in [2.45, 2.75) is 0 Å². The van der Waals surface area contributed by atoms with Crippen LogP contribution < -0.4 is 4.74 Å². The van der Waals surface area contributed by atoms with Gasteiger partial charge in [0.25, 0.3) is 0 Å². The molecule has 9 heteroatoms. The van der Waals surface area contributed by atoms with E-state index in [2.05, 4.69) is 15.9 Å². The highest BCUT2D eigenvalue weighted by Crippen LogP contribution is 2.27. The lowest BCUT2D eigenvalue weighted by atomic mass is 10.2. The molecule has 0 aliphatic rings. The van der Waals surface area contributed by atoms with Gasteiger partial charge in [-0.2, -0.15) is 4.39 Å². The van der Waals surface area contributed by atoms with E-state index in [1.54, 1.807) is 11.4 Å². The fourth-order valence-electron chi connectivity index (χ4n) is 1.47. The Balaban J connectivity index is 2.14. The molecule has 1 aromatic heterocycles. The maximum atomic E-state index is 13.5. The van der Waals surface area contributed by atoms with E-state index in [1.165, 1.54) is 11.3 Å². The van der Waals surface area contributed by atoms with Crippen molar-refractivity contribution in [1.29, 1.82) is 0 Å². The number of hydrogen-bond acceptors (Lipinski definition) is 5. The lowest BCUT2D eigenvalue weighted by molar-refractivity contribution is -0.387. The second kappa shape index (κ2) is 6.27. The van der Waals surface area contributed by atoms with Crippen LogP contribution in [0.5, 0.6) is 5.75 Å². The quantitative estimate of drug-likeness (QED) is 0.449. The summed E-state index contributed by atoms with van der Waals surface area (Å²) in [5.41, 5.74) is -0.993. The van der Waals surface area contributed by atoms with Crippen LogP contribution in [0, 0.1) is 21.7 Å². The van der Waals surface area contributed by atoms with Crippen molar-refractivity contribution in [3.05, 3.63) is 54.7 Å². The van der Waals surface area contributed by atoms with E-state index >= 15 is 0 Å². The number of rotatable bonds is 5. The first-order valence-electron chi connectivity index (χ1n) is 5.42. The number of Topliss-reactive ketones (excluding diaryl/α,β-unsaturated/α-hetero) is 1. The summed E-state index contributed by atoms with van der Waals surface area (Å²) in [5, 5.41) is 12.1. The molecule has 0 radical (unpaired) electrons. The van der Waals surface area contributed by atoms with Crippen molar-refractivity contribution < 1.29 is 23.2 Å². The molecule has 21 heavy (non-hydrogen) atoms. The van der Waals surface area contributed by atoms with E-state index in [-0.39, 0.29) is 0 Å². The number of hydrogen-bond donors (Lipinski definition) is 0. The molecular weight excluding hydrogens is 372 g/mol. The predicted octanol–water partition coefficient (Wildman–Crippen LogP) is 3.96. The number of thiophene rings is 1. The average Bonchev–Trinajstić information content (AvgIpc) is 2.85. The Kier molecular flexibility index (Phi) is 4.63. The number of halogens is 3. The highest BCUT2D eigenvalue weighted by molar-refractivity contribution is 9.10. The van der Waals surface area contributed by atoms with Crippen LogP contribution in [0.15, 0.2) is 28.1 Å². The molecule has 110 valence electrons. The number of nitro benzene ring substituents is 1. The van der Waals surface area contributed by atoms with Crippen molar-refractivity contribution in [2.24, 2.45) is 0 Å². The normalized spacial score (nSPS) is 10.4. The van der Waals surface area contributed by atoms with Gasteiger partial charge in [0.05, 0.1) is 15.9 Å². The van der Waals surface area contributed by atoms with Crippen molar-refractivity contribution in [3.8, 4) is 5.75 Å². The van der Waals surface area contributed by atoms with E-state index in [1.807, 2.05) is 0 Å². The van der Waals surface area contributed by atoms with E-state index in [9.17, 15) is 23.7 Å². The second-order valence-corrected chi connectivity index (χ2v) is 5.57. The molecule has 0 spiro atoms. The number of carbonyl (C=O) groups excluding carboxylic acids is 1. The molecule has 0 bridgehead atoms. The minimum absolute atomic E-state index is 0.387. The summed E-state index contributed by atoms with van der Waals surface area (Å²) in [5.74, 6) is -3.32. The number of ketones is 1. The van der Waals surface area contributed by atoms with Gasteiger partial charge in [0.1, 0.15) is 0 Å². The molecule has 0 unspecified atom stereocenters. The molecule has 0 N–H and O–H groups in total. The van der Waals surface area contributed by atoms with Gasteiger partial charge in [0.15, 0.2) is 18.2 Å². The van der Waals surface area contributed by atoms with Gasteiger partial charge in [-0.1, -0.05) is 0 Å². The fraction of sp³-hybridized carbons (Fsp3) is 0.0833. The minimum atomic E-state index is -1.24. The molecule has 0 fully saturated rings. The molecule has 0 aliphatic carbocycles. The number of carbonyl (C=O) groups is 1. The summed E-state index contributed by atoms with van der Waals surface area (Å²) >= 11 is 4.34. The summed E-state index contributed by atoms with van der Waals surface area (Å²) in [6.45, 7) is -0.507. The van der Waals surface area contributed by atoms with Crippen molar-refractivity contribution in [3.63, 3.8) is 0 Å². The van der Waals surface area contributed by atoms with Gasteiger partial charge in [-0.15, -0.1) is 11.3 Å². The van der Waals surface area contributed by atoms with Crippen LogP contribution in [-0.4, -0.2) is 17.3 Å². The molecule has 0 atom stereocenters. The number of ether oxygens (including phenoxy) is 1. The first-order valence-corrected chi connectivity index (χ1v) is 7.10. The topological polar surface area (TPSA) is 69.4 Å². The average molecular weight is 378 g/mol. The van der Waals surface area contributed by atoms with Crippen LogP contribution in [0.3, 0.4) is 0 Å². The highest BCUT2D eigenvalue weighted by atomic mass is 79.9. The van der Waals surface area contributed by atoms with Gasteiger partial charge in [0, 0.05) is 10.5 Å². The Morgan fingerprint density at radius 3 is 2.67 bits per heavy atom. The second-order valence-electron chi connectivity index (χ2n) is 3.80. The SMILES string of the molecule is O=C(COc1cc(F)c([N+](=O)[O-])cc1F)c1sccc1Br. The Labute approximate surface area is 129 Å². The van der Waals surface area contributed by atoms with E-state index < -0.39 is 40.4 Å². The number of benzene rings is 1. The monoisotopic (exact) mass is 377 g/mol. The zero-order valence-corrected chi connectivity index (χ0v) is 12.5. The van der Waals surface area contributed by atoms with Crippen LogP contribution in [0.1, 0.15) is 9.67 Å². The maximum Gasteiger partial charge on any atom is 0.307 e. The molecule has 1 heterocycles. The third-order valence-corrected chi connectivity index (χ3v) is 4.31. The minimum Gasteiger partial charge on any atom is -0.482 e. The summed E-state index contributed by atoms with van der Waals surface area (Å²) in [6, 6.07) is 2.63. The van der Waals surface area contributed by atoms with Gasteiger partial charge in [-0.05, 0) is 27.4 Å². The molecule has 0 aliphatic heterocycles. The van der Waals surface area contributed by atoms with Crippen LogP contribution in [0.25, 0.3) is 0 Å². The van der Waals surface area contributed by atoms with Crippen molar-refractivity contribution in [2.75, 3.05) is 6.61 Å². The third-order valence-electron chi connectivity index (χ3n) is 2.43. The zero-order chi connectivity index (χ0) is 15.6. The lowest BCUT2D eigenvalue weighted by Crippen LogP contribution is -2.11. The van der Waals surface area contributed by atoms with E-state index in [4.69, 9.17) is 4.74 Å². The van der Waals surface area contributed by atoms with E-state index in [0.29, 0.717) is 21.5 Å². The fourth-order valence-corrected chi connectivity index (χ4v) is 2.99. The molecule has 0 amide bonds. The highest BCUT2D eigenvalue weighted by Gasteiger charge is 2.20. The van der Waals surface area contributed by atoms with Gasteiger partial charge in [0.2, 0.25) is 11.6 Å². The Morgan fingerprint density at radius 1 is 1.38 bits per heavy atom. The summed E-state index contributed by atoms with van der Waals surface area (Å²) < 4.78 is 32.4. The molecule has 2 aromatic rings. The molecule has 5 nitrogen and oxygen atoms in total. The molecule has 2 rings (SSSR count). The number of nitro groups is 1. The predicted molar refractivity (Wildman–Crippen MR) is 74.9 cm³/mol. The largest absolute Gasteiger partial charge is 0.482 e. The van der Waals surface area contributed by atoms with Gasteiger partial charge in [-0.25, -0.2) is 4.39 Å². The molecular formula is C12H6BrF2NO4S. The first-order chi connectivity index (χ1) is 9.90. The smallest absolute Gasteiger partial charge is 0.307 e. The summed E-state index contributed by atoms with van der Waals surface area (Å²) in [6.07, 6.45) is 0.